The maximum atomic E-state index is 12.3. The first-order valence-corrected chi connectivity index (χ1v) is 8.76. The second kappa shape index (κ2) is 7.30. The standard InChI is InChI=1S/C23H18N2O2/c26-22(24-20-13-5-9-16-7-1-3-11-18(16)20)15-23(27)25-21-14-6-10-17-8-2-4-12-19(17)21/h1-14H,15H2,(H,24,26)(H,25,27). The minimum Gasteiger partial charge on any atom is -0.325 e. The third kappa shape index (κ3) is 3.65. The zero-order chi connectivity index (χ0) is 18.6. The van der Waals surface area contributed by atoms with Gasteiger partial charge in [-0.3, -0.25) is 9.59 Å². The number of anilines is 2. The van der Waals surface area contributed by atoms with Crippen molar-refractivity contribution < 1.29 is 9.59 Å². The molecule has 4 aromatic rings. The van der Waals surface area contributed by atoms with Gasteiger partial charge >= 0.3 is 0 Å². The highest BCUT2D eigenvalue weighted by atomic mass is 16.2. The summed E-state index contributed by atoms with van der Waals surface area (Å²) in [6, 6.07) is 27.0. The molecule has 0 saturated heterocycles. The lowest BCUT2D eigenvalue weighted by molar-refractivity contribution is -0.123. The molecule has 0 aromatic heterocycles. The summed E-state index contributed by atoms with van der Waals surface area (Å²) < 4.78 is 0. The van der Waals surface area contributed by atoms with Gasteiger partial charge in [-0.25, -0.2) is 0 Å². The molecular formula is C23H18N2O2. The molecule has 0 heterocycles. The Hall–Kier alpha value is -3.66. The van der Waals surface area contributed by atoms with E-state index in [1.54, 1.807) is 0 Å². The van der Waals surface area contributed by atoms with Gasteiger partial charge in [0.1, 0.15) is 6.42 Å². The van der Waals surface area contributed by atoms with E-state index in [2.05, 4.69) is 10.6 Å². The quantitative estimate of drug-likeness (QED) is 0.509. The van der Waals surface area contributed by atoms with Crippen LogP contribution in [0.15, 0.2) is 84.9 Å². The number of amides is 2. The predicted molar refractivity (Wildman–Crippen MR) is 110 cm³/mol. The highest BCUT2D eigenvalue weighted by Gasteiger charge is 2.12. The van der Waals surface area contributed by atoms with Crippen LogP contribution in [0.25, 0.3) is 21.5 Å². The molecular weight excluding hydrogens is 336 g/mol. The van der Waals surface area contributed by atoms with E-state index in [1.165, 1.54) is 0 Å². The first-order valence-electron chi connectivity index (χ1n) is 8.76. The van der Waals surface area contributed by atoms with Crippen LogP contribution in [0.5, 0.6) is 0 Å². The summed E-state index contributed by atoms with van der Waals surface area (Å²) in [4.78, 5) is 24.7. The van der Waals surface area contributed by atoms with Crippen molar-refractivity contribution in [1.29, 1.82) is 0 Å². The zero-order valence-corrected chi connectivity index (χ0v) is 14.6. The van der Waals surface area contributed by atoms with Gasteiger partial charge in [0.2, 0.25) is 11.8 Å². The molecule has 4 rings (SSSR count). The molecule has 4 heteroatoms. The molecule has 132 valence electrons. The van der Waals surface area contributed by atoms with Gasteiger partial charge in [-0.15, -0.1) is 0 Å². The Morgan fingerprint density at radius 2 is 0.963 bits per heavy atom. The number of hydrogen-bond acceptors (Lipinski definition) is 2. The number of rotatable bonds is 4. The Morgan fingerprint density at radius 3 is 1.44 bits per heavy atom. The summed E-state index contributed by atoms with van der Waals surface area (Å²) in [5, 5.41) is 9.65. The zero-order valence-electron chi connectivity index (χ0n) is 14.6. The van der Waals surface area contributed by atoms with E-state index in [4.69, 9.17) is 0 Å². The Kier molecular flexibility index (Phi) is 4.54. The largest absolute Gasteiger partial charge is 0.325 e. The maximum Gasteiger partial charge on any atom is 0.233 e. The number of carbonyl (C=O) groups is 2. The van der Waals surface area contributed by atoms with Gasteiger partial charge in [-0.2, -0.15) is 0 Å². The van der Waals surface area contributed by atoms with Crippen LogP contribution >= 0.6 is 0 Å². The van der Waals surface area contributed by atoms with Gasteiger partial charge in [0.25, 0.3) is 0 Å². The summed E-state index contributed by atoms with van der Waals surface area (Å²) >= 11 is 0. The highest BCUT2D eigenvalue weighted by Crippen LogP contribution is 2.24. The van der Waals surface area contributed by atoms with Gasteiger partial charge in [0.05, 0.1) is 0 Å². The van der Waals surface area contributed by atoms with E-state index < -0.39 is 0 Å². The average Bonchev–Trinajstić information content (AvgIpc) is 2.68. The summed E-state index contributed by atoms with van der Waals surface area (Å²) in [5.41, 5.74) is 1.41. The van der Waals surface area contributed by atoms with E-state index in [9.17, 15) is 9.59 Å². The molecule has 0 bridgehead atoms. The molecule has 0 aliphatic rings. The fraction of sp³-hybridized carbons (Fsp3) is 0.0435. The Labute approximate surface area is 156 Å². The van der Waals surface area contributed by atoms with Gasteiger partial charge in [-0.05, 0) is 22.9 Å². The van der Waals surface area contributed by atoms with Crippen LogP contribution in [-0.2, 0) is 9.59 Å². The van der Waals surface area contributed by atoms with Crippen molar-refractivity contribution in [3.05, 3.63) is 84.9 Å². The number of fused-ring (bicyclic) bond motifs is 2. The fourth-order valence-corrected chi connectivity index (χ4v) is 3.20. The number of hydrogen-bond donors (Lipinski definition) is 2. The van der Waals surface area contributed by atoms with Gasteiger partial charge < -0.3 is 10.6 Å². The molecule has 0 aliphatic heterocycles. The second-order valence-corrected chi connectivity index (χ2v) is 6.33. The van der Waals surface area contributed by atoms with E-state index in [0.29, 0.717) is 11.4 Å². The van der Waals surface area contributed by atoms with Crippen LogP contribution in [0.4, 0.5) is 11.4 Å². The molecule has 0 aliphatic carbocycles. The van der Waals surface area contributed by atoms with Crippen LogP contribution in [-0.4, -0.2) is 11.8 Å². The molecule has 0 spiro atoms. The molecule has 4 aromatic carbocycles. The summed E-state index contributed by atoms with van der Waals surface area (Å²) in [6.07, 6.45) is -0.244. The summed E-state index contributed by atoms with van der Waals surface area (Å²) in [6.45, 7) is 0. The third-order valence-corrected chi connectivity index (χ3v) is 4.45. The van der Waals surface area contributed by atoms with E-state index in [1.807, 2.05) is 84.9 Å². The van der Waals surface area contributed by atoms with Crippen molar-refractivity contribution in [2.24, 2.45) is 0 Å². The minimum atomic E-state index is -0.343. The topological polar surface area (TPSA) is 58.2 Å². The SMILES string of the molecule is O=C(CC(=O)Nc1cccc2ccccc12)Nc1cccc2ccccc12. The third-order valence-electron chi connectivity index (χ3n) is 4.45. The van der Waals surface area contributed by atoms with Crippen LogP contribution in [0.3, 0.4) is 0 Å². The van der Waals surface area contributed by atoms with Crippen molar-refractivity contribution in [2.45, 2.75) is 6.42 Å². The van der Waals surface area contributed by atoms with Gasteiger partial charge in [0, 0.05) is 22.1 Å². The molecule has 4 nitrogen and oxygen atoms in total. The normalized spacial score (nSPS) is 10.7. The summed E-state index contributed by atoms with van der Waals surface area (Å²) in [7, 11) is 0. The van der Waals surface area contributed by atoms with Crippen LogP contribution in [0.1, 0.15) is 6.42 Å². The van der Waals surface area contributed by atoms with E-state index in [0.717, 1.165) is 21.5 Å². The molecule has 0 saturated carbocycles. The van der Waals surface area contributed by atoms with Crippen molar-refractivity contribution in [2.75, 3.05) is 10.6 Å². The first kappa shape index (κ1) is 16.8. The maximum absolute atomic E-state index is 12.3. The van der Waals surface area contributed by atoms with Crippen molar-refractivity contribution in [3.63, 3.8) is 0 Å². The number of nitrogens with one attached hydrogen (secondary N) is 2. The summed E-state index contributed by atoms with van der Waals surface area (Å²) in [5.74, 6) is -0.687. The van der Waals surface area contributed by atoms with Crippen molar-refractivity contribution in [1.82, 2.24) is 0 Å². The molecule has 0 fully saturated rings. The molecule has 27 heavy (non-hydrogen) atoms. The minimum absolute atomic E-state index is 0.244. The van der Waals surface area contributed by atoms with Crippen molar-refractivity contribution >= 4 is 44.7 Å². The van der Waals surface area contributed by atoms with Crippen LogP contribution in [0, 0.1) is 0 Å². The molecule has 2 amide bonds. The average molecular weight is 354 g/mol. The van der Waals surface area contributed by atoms with Crippen LogP contribution < -0.4 is 10.6 Å². The molecule has 2 N–H and O–H groups in total. The lowest BCUT2D eigenvalue weighted by Crippen LogP contribution is -2.21. The lowest BCUT2D eigenvalue weighted by Gasteiger charge is -2.10. The molecule has 0 atom stereocenters. The first-order chi connectivity index (χ1) is 13.2. The van der Waals surface area contributed by atoms with E-state index in [-0.39, 0.29) is 18.2 Å². The Balaban J connectivity index is 1.47. The predicted octanol–water partition coefficient (Wildman–Crippen LogP) is 4.96. The Morgan fingerprint density at radius 1 is 0.556 bits per heavy atom. The smallest absolute Gasteiger partial charge is 0.233 e. The van der Waals surface area contributed by atoms with Crippen LogP contribution in [0.2, 0.25) is 0 Å². The van der Waals surface area contributed by atoms with E-state index >= 15 is 0 Å². The van der Waals surface area contributed by atoms with Gasteiger partial charge in [-0.1, -0.05) is 72.8 Å². The Bertz CT molecular complexity index is 1050. The second-order valence-electron chi connectivity index (χ2n) is 6.33. The van der Waals surface area contributed by atoms with Crippen molar-refractivity contribution in [3.8, 4) is 0 Å². The lowest BCUT2D eigenvalue weighted by atomic mass is 10.1. The monoisotopic (exact) mass is 354 g/mol. The number of benzene rings is 4. The molecule has 0 unspecified atom stereocenters. The molecule has 0 radical (unpaired) electrons. The van der Waals surface area contributed by atoms with Gasteiger partial charge in [0.15, 0.2) is 0 Å². The number of carbonyl (C=O) groups excluding carboxylic acids is 2. The fourth-order valence-electron chi connectivity index (χ4n) is 3.20. The highest BCUT2D eigenvalue weighted by molar-refractivity contribution is 6.12.